The molecule has 6 heteroatoms. The lowest BCUT2D eigenvalue weighted by atomic mass is 10.1. The molecule has 0 aliphatic heterocycles. The van der Waals surface area contributed by atoms with Crippen molar-refractivity contribution < 1.29 is 4.79 Å². The number of anilines is 1. The van der Waals surface area contributed by atoms with Crippen LogP contribution in [-0.2, 0) is 4.79 Å². The minimum Gasteiger partial charge on any atom is -0.326 e. The number of carbonyl (C=O) groups is 1. The molecule has 0 saturated carbocycles. The summed E-state index contributed by atoms with van der Waals surface area (Å²) in [4.78, 5) is 22.0. The van der Waals surface area contributed by atoms with Crippen LogP contribution < -0.4 is 5.32 Å². The van der Waals surface area contributed by atoms with Crippen molar-refractivity contribution in [1.29, 1.82) is 0 Å². The molecule has 30 heavy (non-hydrogen) atoms. The van der Waals surface area contributed by atoms with Crippen LogP contribution in [0.25, 0.3) is 31.7 Å². The number of thiazole rings is 1. The summed E-state index contributed by atoms with van der Waals surface area (Å²) in [6.45, 7) is 1.51. The molecule has 0 fully saturated rings. The number of nitrogens with zero attached hydrogens (tertiary/aromatic N) is 2. The Morgan fingerprint density at radius 2 is 1.63 bits per heavy atom. The minimum atomic E-state index is -0.0768. The Morgan fingerprint density at radius 3 is 2.40 bits per heavy atom. The number of fused-ring (bicyclic) bond motifs is 2. The van der Waals surface area contributed by atoms with Crippen molar-refractivity contribution in [1.82, 2.24) is 9.97 Å². The van der Waals surface area contributed by atoms with Crippen molar-refractivity contribution in [2.75, 3.05) is 5.32 Å². The zero-order valence-corrected chi connectivity index (χ0v) is 17.8. The van der Waals surface area contributed by atoms with Gasteiger partial charge in [0.15, 0.2) is 0 Å². The van der Waals surface area contributed by atoms with Crippen LogP contribution in [0.1, 0.15) is 6.92 Å². The van der Waals surface area contributed by atoms with Crippen LogP contribution >= 0.6 is 23.1 Å². The minimum absolute atomic E-state index is 0.0768. The van der Waals surface area contributed by atoms with Crippen molar-refractivity contribution in [3.63, 3.8) is 0 Å². The highest BCUT2D eigenvalue weighted by Crippen LogP contribution is 2.37. The molecule has 0 aliphatic rings. The molecular weight excluding hydrogens is 410 g/mol. The highest BCUT2D eigenvalue weighted by Gasteiger charge is 2.13. The highest BCUT2D eigenvalue weighted by atomic mass is 32.2. The smallest absolute Gasteiger partial charge is 0.221 e. The van der Waals surface area contributed by atoms with Gasteiger partial charge < -0.3 is 5.32 Å². The predicted octanol–water partition coefficient (Wildman–Crippen LogP) is 6.62. The summed E-state index contributed by atoms with van der Waals surface area (Å²) in [5, 5.41) is 5.80. The Morgan fingerprint density at radius 1 is 0.900 bits per heavy atom. The number of benzene rings is 3. The third-order valence-corrected chi connectivity index (χ3v) is 6.61. The first-order valence-electron chi connectivity index (χ1n) is 9.47. The van der Waals surface area contributed by atoms with Crippen LogP contribution in [0.3, 0.4) is 0 Å². The van der Waals surface area contributed by atoms with Crippen LogP contribution in [0.5, 0.6) is 0 Å². The first-order chi connectivity index (χ1) is 14.7. The van der Waals surface area contributed by atoms with Crippen LogP contribution in [-0.4, -0.2) is 15.9 Å². The van der Waals surface area contributed by atoms with E-state index in [4.69, 9.17) is 9.97 Å². The maximum atomic E-state index is 11.2. The Kier molecular flexibility index (Phi) is 4.94. The fourth-order valence-corrected chi connectivity index (χ4v) is 5.13. The van der Waals surface area contributed by atoms with Gasteiger partial charge in [0.05, 0.1) is 15.7 Å². The van der Waals surface area contributed by atoms with E-state index >= 15 is 0 Å². The van der Waals surface area contributed by atoms with E-state index in [1.807, 2.05) is 60.7 Å². The summed E-state index contributed by atoms with van der Waals surface area (Å²) >= 11 is 3.30. The molecule has 5 rings (SSSR count). The molecule has 146 valence electrons. The van der Waals surface area contributed by atoms with Gasteiger partial charge in [0.25, 0.3) is 0 Å². The number of para-hydroxylation sites is 2. The average molecular weight is 428 g/mol. The second kappa shape index (κ2) is 7.89. The molecule has 3 aromatic carbocycles. The number of carbonyl (C=O) groups excluding carboxylic acids is 1. The number of rotatable bonds is 4. The van der Waals surface area contributed by atoms with Crippen molar-refractivity contribution in [2.24, 2.45) is 0 Å². The first kappa shape index (κ1) is 18.8. The maximum absolute atomic E-state index is 11.2. The highest BCUT2D eigenvalue weighted by molar-refractivity contribution is 7.99. The van der Waals surface area contributed by atoms with Gasteiger partial charge in [0.2, 0.25) is 5.91 Å². The third kappa shape index (κ3) is 3.79. The van der Waals surface area contributed by atoms with E-state index in [1.54, 1.807) is 23.1 Å². The molecule has 2 aromatic heterocycles. The lowest BCUT2D eigenvalue weighted by Gasteiger charge is -2.08. The van der Waals surface area contributed by atoms with Gasteiger partial charge in [0, 0.05) is 28.5 Å². The van der Waals surface area contributed by atoms with Gasteiger partial charge in [-0.2, -0.15) is 0 Å². The lowest BCUT2D eigenvalue weighted by Crippen LogP contribution is -2.05. The molecule has 5 aromatic rings. The van der Waals surface area contributed by atoms with E-state index in [2.05, 4.69) is 23.5 Å². The van der Waals surface area contributed by atoms with Crippen LogP contribution in [0.2, 0.25) is 0 Å². The molecule has 0 spiro atoms. The maximum Gasteiger partial charge on any atom is 0.221 e. The summed E-state index contributed by atoms with van der Waals surface area (Å²) in [5.74, 6) is -0.0768. The van der Waals surface area contributed by atoms with Crippen molar-refractivity contribution >= 4 is 55.8 Å². The van der Waals surface area contributed by atoms with Crippen LogP contribution in [0.15, 0.2) is 88.8 Å². The number of hydrogen-bond acceptors (Lipinski definition) is 5. The number of hydrogen-bond donors (Lipinski definition) is 1. The van der Waals surface area contributed by atoms with E-state index in [0.717, 1.165) is 42.6 Å². The van der Waals surface area contributed by atoms with Gasteiger partial charge >= 0.3 is 0 Å². The molecule has 0 aliphatic carbocycles. The SMILES string of the molecule is CC(=O)Nc1ccc(Sc2cc(-c3nc4ccccc4s3)c3ccccc3n2)cc1. The topological polar surface area (TPSA) is 54.9 Å². The van der Waals surface area contributed by atoms with E-state index < -0.39 is 0 Å². The Bertz CT molecular complexity index is 1340. The first-order valence-corrected chi connectivity index (χ1v) is 11.1. The normalized spacial score (nSPS) is 11.1. The molecular formula is C24H17N3OS2. The summed E-state index contributed by atoms with van der Waals surface area (Å²) < 4.78 is 1.18. The molecule has 1 N–H and O–H groups in total. The number of pyridine rings is 1. The Balaban J connectivity index is 1.56. The summed E-state index contributed by atoms with van der Waals surface area (Å²) in [6, 6.07) is 26.3. The number of nitrogens with one attached hydrogen (secondary N) is 1. The zero-order chi connectivity index (χ0) is 20.5. The summed E-state index contributed by atoms with van der Waals surface area (Å²) in [5.41, 5.74) is 3.85. The number of aromatic nitrogens is 2. The molecule has 0 atom stereocenters. The van der Waals surface area contributed by atoms with Gasteiger partial charge in [-0.25, -0.2) is 9.97 Å². The predicted molar refractivity (Wildman–Crippen MR) is 125 cm³/mol. The molecule has 0 unspecified atom stereocenters. The van der Waals surface area contributed by atoms with Crippen molar-refractivity contribution in [3.8, 4) is 10.6 Å². The van der Waals surface area contributed by atoms with Gasteiger partial charge in [-0.3, -0.25) is 4.79 Å². The largest absolute Gasteiger partial charge is 0.326 e. The Hall–Kier alpha value is -3.22. The van der Waals surface area contributed by atoms with Gasteiger partial charge in [-0.1, -0.05) is 42.1 Å². The Labute approximate surface area is 182 Å². The fraction of sp³-hybridized carbons (Fsp3) is 0.0417. The molecule has 2 heterocycles. The quantitative estimate of drug-likeness (QED) is 0.350. The number of amides is 1. The summed E-state index contributed by atoms with van der Waals surface area (Å²) in [6.07, 6.45) is 0. The standard InChI is InChI=1S/C24H17N3OS2/c1-15(28)25-16-10-12-17(13-11-16)29-23-14-19(18-6-2-3-7-20(18)26-23)24-27-21-8-4-5-9-22(21)30-24/h2-14H,1H3,(H,25,28). The van der Waals surface area contributed by atoms with E-state index in [0.29, 0.717) is 0 Å². The molecule has 1 amide bonds. The lowest BCUT2D eigenvalue weighted by molar-refractivity contribution is -0.114. The average Bonchev–Trinajstić information content (AvgIpc) is 3.18. The van der Waals surface area contributed by atoms with Gasteiger partial charge in [0.1, 0.15) is 10.0 Å². The fourth-order valence-electron chi connectivity index (χ4n) is 3.30. The van der Waals surface area contributed by atoms with E-state index in [1.165, 1.54) is 11.6 Å². The molecule has 4 nitrogen and oxygen atoms in total. The van der Waals surface area contributed by atoms with E-state index in [-0.39, 0.29) is 5.91 Å². The van der Waals surface area contributed by atoms with Gasteiger partial charge in [-0.15, -0.1) is 11.3 Å². The van der Waals surface area contributed by atoms with Crippen molar-refractivity contribution in [2.45, 2.75) is 16.8 Å². The molecule has 0 saturated heterocycles. The second-order valence-corrected chi connectivity index (χ2v) is 8.94. The van der Waals surface area contributed by atoms with Crippen LogP contribution in [0.4, 0.5) is 5.69 Å². The molecule has 0 radical (unpaired) electrons. The summed E-state index contributed by atoms with van der Waals surface area (Å²) in [7, 11) is 0. The van der Waals surface area contributed by atoms with Crippen LogP contribution in [0, 0.1) is 0 Å². The van der Waals surface area contributed by atoms with Crippen molar-refractivity contribution in [3.05, 3.63) is 78.9 Å². The zero-order valence-electron chi connectivity index (χ0n) is 16.1. The molecule has 0 bridgehead atoms. The second-order valence-electron chi connectivity index (χ2n) is 6.82. The monoisotopic (exact) mass is 427 g/mol. The van der Waals surface area contributed by atoms with E-state index in [9.17, 15) is 4.79 Å². The van der Waals surface area contributed by atoms with Gasteiger partial charge in [-0.05, 0) is 48.5 Å². The third-order valence-electron chi connectivity index (χ3n) is 4.61.